The Labute approximate surface area is 87.6 Å². The summed E-state index contributed by atoms with van der Waals surface area (Å²) in [5, 5.41) is 0. The van der Waals surface area contributed by atoms with Crippen LogP contribution in [0.3, 0.4) is 0 Å². The first-order chi connectivity index (χ1) is 7.22. The lowest BCUT2D eigenvalue weighted by Crippen LogP contribution is -2.21. The molecule has 0 aliphatic heterocycles. The van der Waals surface area contributed by atoms with Crippen molar-refractivity contribution in [2.75, 3.05) is 7.11 Å². The van der Waals surface area contributed by atoms with Crippen LogP contribution < -0.4 is 0 Å². The van der Waals surface area contributed by atoms with Crippen molar-refractivity contribution in [3.63, 3.8) is 0 Å². The highest BCUT2D eigenvalue weighted by Gasteiger charge is 2.27. The summed E-state index contributed by atoms with van der Waals surface area (Å²) in [6, 6.07) is 1.56. The fourth-order valence-corrected chi connectivity index (χ4v) is 1.67. The molecule has 0 aromatic carbocycles. The highest BCUT2D eigenvalue weighted by atomic mass is 16.5. The number of methoxy groups -OCH3 is 1. The molecule has 2 rings (SSSR count). The molecule has 4 heteroatoms. The van der Waals surface area contributed by atoms with Crippen LogP contribution in [0.1, 0.15) is 40.1 Å². The van der Waals surface area contributed by atoms with E-state index in [2.05, 4.69) is 9.72 Å². The number of aromatic nitrogens is 1. The Balaban J connectivity index is 2.12. The SMILES string of the molecule is COC(=O)c1cc(C(=O)C2CCC2)c[nH]1. The highest BCUT2D eigenvalue weighted by molar-refractivity contribution is 6.00. The second-order valence-electron chi connectivity index (χ2n) is 3.79. The van der Waals surface area contributed by atoms with Crippen LogP contribution in [0.4, 0.5) is 0 Å². The van der Waals surface area contributed by atoms with Gasteiger partial charge in [-0.25, -0.2) is 4.79 Å². The lowest BCUT2D eigenvalue weighted by molar-refractivity contribution is 0.0595. The Morgan fingerprint density at radius 3 is 2.73 bits per heavy atom. The van der Waals surface area contributed by atoms with Gasteiger partial charge in [-0.1, -0.05) is 6.42 Å². The second kappa shape index (κ2) is 3.88. The number of ether oxygens (including phenoxy) is 1. The highest BCUT2D eigenvalue weighted by Crippen LogP contribution is 2.29. The maximum Gasteiger partial charge on any atom is 0.354 e. The first-order valence-corrected chi connectivity index (χ1v) is 5.03. The molecule has 1 heterocycles. The Hall–Kier alpha value is -1.58. The number of carbonyl (C=O) groups is 2. The fraction of sp³-hybridized carbons (Fsp3) is 0.455. The van der Waals surface area contributed by atoms with E-state index in [9.17, 15) is 9.59 Å². The molecule has 1 aromatic heterocycles. The third kappa shape index (κ3) is 1.79. The minimum atomic E-state index is -0.442. The molecule has 80 valence electrons. The summed E-state index contributed by atoms with van der Waals surface area (Å²) >= 11 is 0. The summed E-state index contributed by atoms with van der Waals surface area (Å²) in [7, 11) is 1.32. The predicted molar refractivity (Wildman–Crippen MR) is 53.8 cm³/mol. The molecular weight excluding hydrogens is 194 g/mol. The van der Waals surface area contributed by atoms with Crippen molar-refractivity contribution in [1.82, 2.24) is 4.98 Å². The van der Waals surface area contributed by atoms with Gasteiger partial charge in [-0.2, -0.15) is 0 Å². The van der Waals surface area contributed by atoms with Gasteiger partial charge in [0.15, 0.2) is 5.78 Å². The van der Waals surface area contributed by atoms with Crippen LogP contribution in [0, 0.1) is 5.92 Å². The van der Waals surface area contributed by atoms with E-state index in [4.69, 9.17) is 0 Å². The molecule has 1 fully saturated rings. The Morgan fingerprint density at radius 2 is 2.20 bits per heavy atom. The van der Waals surface area contributed by atoms with Gasteiger partial charge < -0.3 is 9.72 Å². The van der Waals surface area contributed by atoms with Crippen molar-refractivity contribution in [3.05, 3.63) is 23.5 Å². The second-order valence-corrected chi connectivity index (χ2v) is 3.79. The van der Waals surface area contributed by atoms with Crippen LogP contribution in [0.15, 0.2) is 12.3 Å². The molecule has 0 bridgehead atoms. The maximum atomic E-state index is 11.8. The molecule has 0 unspecified atom stereocenters. The van der Waals surface area contributed by atoms with E-state index in [1.54, 1.807) is 12.3 Å². The van der Waals surface area contributed by atoms with Gasteiger partial charge >= 0.3 is 5.97 Å². The lowest BCUT2D eigenvalue weighted by atomic mass is 9.80. The van der Waals surface area contributed by atoms with E-state index in [1.165, 1.54) is 7.11 Å². The number of rotatable bonds is 3. The van der Waals surface area contributed by atoms with Crippen LogP contribution in [0.25, 0.3) is 0 Å². The Kier molecular flexibility index (Phi) is 2.58. The lowest BCUT2D eigenvalue weighted by Gasteiger charge is -2.22. The van der Waals surface area contributed by atoms with E-state index >= 15 is 0 Å². The normalized spacial score (nSPS) is 15.8. The number of ketones is 1. The number of Topliss-reactive ketones (excluding diaryl/α,β-unsaturated/α-hetero) is 1. The van der Waals surface area contributed by atoms with Crippen LogP contribution in [0.5, 0.6) is 0 Å². The molecule has 0 radical (unpaired) electrons. The molecule has 1 aliphatic carbocycles. The van der Waals surface area contributed by atoms with E-state index < -0.39 is 5.97 Å². The van der Waals surface area contributed by atoms with Crippen LogP contribution in [-0.2, 0) is 4.74 Å². The van der Waals surface area contributed by atoms with Crippen LogP contribution >= 0.6 is 0 Å². The molecule has 0 spiro atoms. The molecule has 0 atom stereocenters. The molecule has 0 saturated heterocycles. The number of carbonyl (C=O) groups excluding carboxylic acids is 2. The van der Waals surface area contributed by atoms with Crippen molar-refractivity contribution in [1.29, 1.82) is 0 Å². The summed E-state index contributed by atoms with van der Waals surface area (Å²) in [6.07, 6.45) is 4.65. The number of hydrogen-bond acceptors (Lipinski definition) is 3. The summed E-state index contributed by atoms with van der Waals surface area (Å²) in [5.41, 5.74) is 0.917. The zero-order chi connectivity index (χ0) is 10.8. The molecule has 1 aromatic rings. The quantitative estimate of drug-likeness (QED) is 0.607. The number of aromatic amines is 1. The van der Waals surface area contributed by atoms with E-state index in [0.29, 0.717) is 11.3 Å². The first kappa shape index (κ1) is 9.96. The third-order valence-electron chi connectivity index (χ3n) is 2.85. The van der Waals surface area contributed by atoms with Gasteiger partial charge in [-0.15, -0.1) is 0 Å². The molecule has 15 heavy (non-hydrogen) atoms. The summed E-state index contributed by atoms with van der Waals surface area (Å²) in [5.74, 6) is -0.151. The zero-order valence-electron chi connectivity index (χ0n) is 8.58. The van der Waals surface area contributed by atoms with Gasteiger partial charge in [-0.05, 0) is 18.9 Å². The van der Waals surface area contributed by atoms with Crippen LogP contribution in [-0.4, -0.2) is 23.8 Å². The minimum Gasteiger partial charge on any atom is -0.464 e. The monoisotopic (exact) mass is 207 g/mol. The Morgan fingerprint density at radius 1 is 1.47 bits per heavy atom. The number of H-pyrrole nitrogens is 1. The van der Waals surface area contributed by atoms with Gasteiger partial charge in [0, 0.05) is 17.7 Å². The minimum absolute atomic E-state index is 0.132. The average Bonchev–Trinajstić information content (AvgIpc) is 2.62. The van der Waals surface area contributed by atoms with Crippen LogP contribution in [0.2, 0.25) is 0 Å². The zero-order valence-corrected chi connectivity index (χ0v) is 8.58. The van der Waals surface area contributed by atoms with Crippen molar-refractivity contribution < 1.29 is 14.3 Å². The summed E-state index contributed by atoms with van der Waals surface area (Å²) < 4.78 is 4.55. The number of esters is 1. The Bertz CT molecular complexity index is 390. The van der Waals surface area contributed by atoms with Gasteiger partial charge in [0.05, 0.1) is 7.11 Å². The van der Waals surface area contributed by atoms with Gasteiger partial charge in [0.2, 0.25) is 0 Å². The smallest absolute Gasteiger partial charge is 0.354 e. The maximum absolute atomic E-state index is 11.8. The van der Waals surface area contributed by atoms with E-state index in [0.717, 1.165) is 19.3 Å². The van der Waals surface area contributed by atoms with Crippen molar-refractivity contribution in [2.45, 2.75) is 19.3 Å². The number of nitrogens with one attached hydrogen (secondary N) is 1. The van der Waals surface area contributed by atoms with Gasteiger partial charge in [-0.3, -0.25) is 4.79 Å². The average molecular weight is 207 g/mol. The molecule has 1 N–H and O–H groups in total. The van der Waals surface area contributed by atoms with Crippen molar-refractivity contribution in [2.24, 2.45) is 5.92 Å². The molecule has 0 amide bonds. The number of hydrogen-bond donors (Lipinski definition) is 1. The third-order valence-corrected chi connectivity index (χ3v) is 2.85. The van der Waals surface area contributed by atoms with Crippen molar-refractivity contribution in [3.8, 4) is 0 Å². The van der Waals surface area contributed by atoms with E-state index in [-0.39, 0.29) is 11.7 Å². The topological polar surface area (TPSA) is 59.2 Å². The molecule has 4 nitrogen and oxygen atoms in total. The summed E-state index contributed by atoms with van der Waals surface area (Å²) in [6.45, 7) is 0. The molecule has 1 saturated carbocycles. The molecule has 1 aliphatic rings. The predicted octanol–water partition coefficient (Wildman–Crippen LogP) is 1.78. The fourth-order valence-electron chi connectivity index (χ4n) is 1.67. The van der Waals surface area contributed by atoms with Gasteiger partial charge in [0.1, 0.15) is 5.69 Å². The first-order valence-electron chi connectivity index (χ1n) is 5.03. The van der Waals surface area contributed by atoms with Gasteiger partial charge in [0.25, 0.3) is 0 Å². The van der Waals surface area contributed by atoms with E-state index in [1.807, 2.05) is 0 Å². The van der Waals surface area contributed by atoms with Crippen molar-refractivity contribution >= 4 is 11.8 Å². The summed E-state index contributed by atoms with van der Waals surface area (Å²) in [4.78, 5) is 25.7. The standard InChI is InChI=1S/C11H13NO3/c1-15-11(14)9-5-8(6-12-9)10(13)7-3-2-4-7/h5-7,12H,2-4H2,1H3. The largest absolute Gasteiger partial charge is 0.464 e. The molecular formula is C11H13NO3.